The summed E-state index contributed by atoms with van der Waals surface area (Å²) in [4.78, 5) is 13.1. The van der Waals surface area contributed by atoms with Crippen molar-refractivity contribution in [3.8, 4) is 0 Å². The van der Waals surface area contributed by atoms with Gasteiger partial charge in [-0.25, -0.2) is 0 Å². The van der Waals surface area contributed by atoms with E-state index in [4.69, 9.17) is 0 Å². The van der Waals surface area contributed by atoms with Crippen molar-refractivity contribution in [2.45, 2.75) is 20.0 Å². The first kappa shape index (κ1) is 19.0. The van der Waals surface area contributed by atoms with Crippen molar-refractivity contribution in [2.75, 3.05) is 5.32 Å². The molecule has 3 aromatic rings. The molecule has 29 heavy (non-hydrogen) atoms. The van der Waals surface area contributed by atoms with E-state index in [1.807, 2.05) is 44.2 Å². The molecule has 1 aliphatic carbocycles. The predicted octanol–water partition coefficient (Wildman–Crippen LogP) is 6.50. The average Bonchev–Trinajstić information content (AvgIpc) is 2.93. The number of aryl methyl sites for hydroxylation is 2. The summed E-state index contributed by atoms with van der Waals surface area (Å²) < 4.78 is 38.8. The number of ketones is 1. The summed E-state index contributed by atoms with van der Waals surface area (Å²) in [5.41, 5.74) is 4.94. The van der Waals surface area contributed by atoms with E-state index in [1.165, 1.54) is 12.1 Å². The van der Waals surface area contributed by atoms with Crippen molar-refractivity contribution >= 4 is 22.7 Å². The van der Waals surface area contributed by atoms with Gasteiger partial charge in [-0.3, -0.25) is 4.79 Å². The summed E-state index contributed by atoms with van der Waals surface area (Å²) in [6.45, 7) is 3.97. The molecule has 0 radical (unpaired) electrons. The van der Waals surface area contributed by atoms with Gasteiger partial charge in [0.15, 0.2) is 5.78 Å². The Morgan fingerprint density at radius 1 is 0.793 bits per heavy atom. The highest BCUT2D eigenvalue weighted by molar-refractivity contribution is 6.40. The van der Waals surface area contributed by atoms with Gasteiger partial charge in [-0.1, -0.05) is 42.5 Å². The molecule has 0 aromatic heterocycles. The molecule has 0 spiro atoms. The SMILES string of the molecule is Cc1cc(C)cc(NC2=C(c3ccc(C(F)(F)F)cc3)C(=O)c3ccccc32)c1. The average molecular weight is 393 g/mol. The molecule has 0 atom stereocenters. The van der Waals surface area contributed by atoms with Crippen LogP contribution in [0.15, 0.2) is 66.7 Å². The molecule has 1 aliphatic rings. The fourth-order valence-electron chi connectivity index (χ4n) is 3.70. The van der Waals surface area contributed by atoms with Crippen LogP contribution < -0.4 is 5.32 Å². The highest BCUT2D eigenvalue weighted by atomic mass is 19.4. The van der Waals surface area contributed by atoms with E-state index in [9.17, 15) is 18.0 Å². The fourth-order valence-corrected chi connectivity index (χ4v) is 3.70. The van der Waals surface area contributed by atoms with Gasteiger partial charge in [0.1, 0.15) is 0 Å². The molecule has 0 amide bonds. The Labute approximate surface area is 166 Å². The van der Waals surface area contributed by atoms with E-state index < -0.39 is 11.7 Å². The minimum absolute atomic E-state index is 0.202. The number of hydrogen-bond acceptors (Lipinski definition) is 2. The molecule has 2 nitrogen and oxygen atoms in total. The van der Waals surface area contributed by atoms with E-state index in [1.54, 1.807) is 12.1 Å². The number of benzene rings is 3. The van der Waals surface area contributed by atoms with E-state index in [-0.39, 0.29) is 5.78 Å². The lowest BCUT2D eigenvalue weighted by molar-refractivity contribution is -0.137. The zero-order chi connectivity index (χ0) is 20.8. The second-order valence-electron chi connectivity index (χ2n) is 7.20. The van der Waals surface area contributed by atoms with Crippen LogP contribution in [0.25, 0.3) is 11.3 Å². The summed E-state index contributed by atoms with van der Waals surface area (Å²) >= 11 is 0. The summed E-state index contributed by atoms with van der Waals surface area (Å²) in [7, 11) is 0. The summed E-state index contributed by atoms with van der Waals surface area (Å²) in [6, 6.07) is 17.9. The molecule has 0 heterocycles. The molecule has 0 unspecified atom stereocenters. The minimum atomic E-state index is -4.42. The summed E-state index contributed by atoms with van der Waals surface area (Å²) in [5, 5.41) is 3.34. The van der Waals surface area contributed by atoms with Crippen LogP contribution >= 0.6 is 0 Å². The molecule has 0 fully saturated rings. The van der Waals surface area contributed by atoms with Crippen molar-refractivity contribution in [1.82, 2.24) is 0 Å². The molecule has 5 heteroatoms. The number of hydrogen-bond donors (Lipinski definition) is 1. The number of alkyl halides is 3. The van der Waals surface area contributed by atoms with Crippen LogP contribution in [0, 0.1) is 13.8 Å². The van der Waals surface area contributed by atoms with Gasteiger partial charge in [-0.05, 0) is 54.8 Å². The summed E-state index contributed by atoms with van der Waals surface area (Å²) in [6.07, 6.45) is -4.42. The lowest BCUT2D eigenvalue weighted by atomic mass is 10.00. The van der Waals surface area contributed by atoms with Gasteiger partial charge in [0, 0.05) is 16.8 Å². The van der Waals surface area contributed by atoms with Crippen LogP contribution in [0.1, 0.15) is 38.2 Å². The quantitative estimate of drug-likeness (QED) is 0.550. The van der Waals surface area contributed by atoms with Crippen molar-refractivity contribution < 1.29 is 18.0 Å². The van der Waals surface area contributed by atoms with Crippen molar-refractivity contribution in [3.63, 3.8) is 0 Å². The highest BCUT2D eigenvalue weighted by Gasteiger charge is 2.33. The van der Waals surface area contributed by atoms with E-state index in [0.29, 0.717) is 22.4 Å². The maximum Gasteiger partial charge on any atom is 0.416 e. The van der Waals surface area contributed by atoms with Crippen LogP contribution in [0.3, 0.4) is 0 Å². The minimum Gasteiger partial charge on any atom is -0.354 e. The number of halogens is 3. The maximum atomic E-state index is 13.1. The fraction of sp³-hybridized carbons (Fsp3) is 0.125. The van der Waals surface area contributed by atoms with Crippen LogP contribution in [0.2, 0.25) is 0 Å². The molecule has 3 aromatic carbocycles. The zero-order valence-corrected chi connectivity index (χ0v) is 15.9. The third-order valence-electron chi connectivity index (χ3n) is 4.91. The molecule has 0 saturated heterocycles. The molecular formula is C24H18F3NO. The van der Waals surface area contributed by atoms with Gasteiger partial charge >= 0.3 is 6.18 Å². The number of carbonyl (C=O) groups is 1. The molecule has 0 bridgehead atoms. The molecule has 1 N–H and O–H groups in total. The molecule has 4 rings (SSSR count). The van der Waals surface area contributed by atoms with Crippen LogP contribution in [-0.2, 0) is 6.18 Å². The number of nitrogens with one attached hydrogen (secondary N) is 1. The predicted molar refractivity (Wildman–Crippen MR) is 109 cm³/mol. The maximum absolute atomic E-state index is 13.1. The van der Waals surface area contributed by atoms with Crippen LogP contribution in [-0.4, -0.2) is 5.78 Å². The lowest BCUT2D eigenvalue weighted by Crippen LogP contribution is -2.06. The first-order chi connectivity index (χ1) is 13.7. The topological polar surface area (TPSA) is 29.1 Å². The molecule has 0 saturated carbocycles. The second-order valence-corrected chi connectivity index (χ2v) is 7.20. The number of rotatable bonds is 3. The molecular weight excluding hydrogens is 375 g/mol. The highest BCUT2D eigenvalue weighted by Crippen LogP contribution is 2.40. The Morgan fingerprint density at radius 2 is 1.38 bits per heavy atom. The van der Waals surface area contributed by atoms with E-state index in [2.05, 4.69) is 5.32 Å². The number of carbonyl (C=O) groups excluding carboxylic acids is 1. The Balaban J connectivity index is 1.85. The standard InChI is InChI=1S/C24H18F3NO/c1-14-11-15(2)13-18(12-14)28-22-19-5-3-4-6-20(19)23(29)21(22)16-7-9-17(10-8-16)24(25,26)27/h3-13,28H,1-2H3. The Kier molecular flexibility index (Phi) is 4.53. The molecule has 146 valence electrons. The Morgan fingerprint density at radius 3 is 1.97 bits per heavy atom. The van der Waals surface area contributed by atoms with Crippen LogP contribution in [0.5, 0.6) is 0 Å². The largest absolute Gasteiger partial charge is 0.416 e. The van der Waals surface area contributed by atoms with Crippen molar-refractivity contribution in [3.05, 3.63) is 100 Å². The third kappa shape index (κ3) is 3.56. The molecule has 0 aliphatic heterocycles. The lowest BCUT2D eigenvalue weighted by Gasteiger charge is -2.14. The number of anilines is 1. The number of fused-ring (bicyclic) bond motifs is 1. The van der Waals surface area contributed by atoms with Crippen molar-refractivity contribution in [2.24, 2.45) is 0 Å². The first-order valence-corrected chi connectivity index (χ1v) is 9.15. The van der Waals surface area contributed by atoms with E-state index in [0.717, 1.165) is 34.5 Å². The van der Waals surface area contributed by atoms with Gasteiger partial charge in [-0.15, -0.1) is 0 Å². The Bertz CT molecular complexity index is 1120. The van der Waals surface area contributed by atoms with Gasteiger partial charge in [0.2, 0.25) is 0 Å². The zero-order valence-electron chi connectivity index (χ0n) is 15.9. The number of allylic oxidation sites excluding steroid dienone is 1. The van der Waals surface area contributed by atoms with Gasteiger partial charge < -0.3 is 5.32 Å². The Hall–Kier alpha value is -3.34. The van der Waals surface area contributed by atoms with Crippen LogP contribution in [0.4, 0.5) is 18.9 Å². The second kappa shape index (κ2) is 6.92. The summed E-state index contributed by atoms with van der Waals surface area (Å²) in [5.74, 6) is -0.202. The normalized spacial score (nSPS) is 13.6. The monoisotopic (exact) mass is 393 g/mol. The smallest absolute Gasteiger partial charge is 0.354 e. The van der Waals surface area contributed by atoms with Gasteiger partial charge in [0.05, 0.1) is 16.8 Å². The van der Waals surface area contributed by atoms with Gasteiger partial charge in [-0.2, -0.15) is 13.2 Å². The van der Waals surface area contributed by atoms with Gasteiger partial charge in [0.25, 0.3) is 0 Å². The van der Waals surface area contributed by atoms with Crippen molar-refractivity contribution in [1.29, 1.82) is 0 Å². The van der Waals surface area contributed by atoms with E-state index >= 15 is 0 Å². The third-order valence-corrected chi connectivity index (χ3v) is 4.91. The first-order valence-electron chi connectivity index (χ1n) is 9.15. The number of Topliss-reactive ketones (excluding diaryl/α,β-unsaturated/α-hetero) is 1.